The van der Waals surface area contributed by atoms with E-state index in [4.69, 9.17) is 4.74 Å². The number of H-pyrrole nitrogens is 1. The van der Waals surface area contributed by atoms with E-state index < -0.39 is 0 Å². The van der Waals surface area contributed by atoms with Crippen LogP contribution in [0, 0.1) is 0 Å². The van der Waals surface area contributed by atoms with Gasteiger partial charge < -0.3 is 9.72 Å². The van der Waals surface area contributed by atoms with Crippen LogP contribution in [0.2, 0.25) is 0 Å². The molecule has 0 saturated heterocycles. The van der Waals surface area contributed by atoms with Gasteiger partial charge in [-0.15, -0.1) is 0 Å². The maximum atomic E-state index is 11.9. The van der Waals surface area contributed by atoms with E-state index in [0.717, 1.165) is 11.3 Å². The smallest absolute Gasteiger partial charge is 0.279 e. The summed E-state index contributed by atoms with van der Waals surface area (Å²) in [5.41, 5.74) is 1.05. The summed E-state index contributed by atoms with van der Waals surface area (Å²) in [4.78, 5) is 26.9. The zero-order valence-corrected chi connectivity index (χ0v) is 10.1. The van der Waals surface area contributed by atoms with Gasteiger partial charge in [0.15, 0.2) is 11.2 Å². The quantitative estimate of drug-likeness (QED) is 0.747. The monoisotopic (exact) mass is 254 g/mol. The highest BCUT2D eigenvalue weighted by Gasteiger charge is 2.07. The van der Waals surface area contributed by atoms with Crippen LogP contribution in [0.15, 0.2) is 41.5 Å². The summed E-state index contributed by atoms with van der Waals surface area (Å²) in [6.07, 6.45) is 2.97. The lowest BCUT2D eigenvalue weighted by atomic mass is 10.2. The molecular weight excluding hydrogens is 244 g/mol. The van der Waals surface area contributed by atoms with E-state index in [1.54, 1.807) is 19.2 Å². The number of methoxy groups -OCH3 is 1. The van der Waals surface area contributed by atoms with Crippen molar-refractivity contribution in [3.05, 3.63) is 47.0 Å². The van der Waals surface area contributed by atoms with Gasteiger partial charge in [-0.25, -0.2) is 15.0 Å². The van der Waals surface area contributed by atoms with Gasteiger partial charge in [0.05, 0.1) is 7.11 Å². The van der Waals surface area contributed by atoms with Crippen LogP contribution in [0.25, 0.3) is 22.6 Å². The van der Waals surface area contributed by atoms with Gasteiger partial charge in [0.2, 0.25) is 0 Å². The normalized spacial score (nSPS) is 10.6. The van der Waals surface area contributed by atoms with Crippen LogP contribution in [-0.2, 0) is 0 Å². The number of nitrogens with zero attached hydrogens (tertiary/aromatic N) is 3. The number of aromatic amines is 1. The highest BCUT2D eigenvalue weighted by atomic mass is 16.5. The molecule has 0 unspecified atom stereocenters. The molecule has 0 bridgehead atoms. The lowest BCUT2D eigenvalue weighted by Gasteiger charge is -2.03. The molecule has 2 heterocycles. The fourth-order valence-corrected chi connectivity index (χ4v) is 1.76. The van der Waals surface area contributed by atoms with E-state index in [1.807, 2.05) is 12.1 Å². The average molecular weight is 254 g/mol. The van der Waals surface area contributed by atoms with E-state index >= 15 is 0 Å². The second-order valence-corrected chi connectivity index (χ2v) is 3.87. The molecule has 1 aromatic carbocycles. The summed E-state index contributed by atoms with van der Waals surface area (Å²) in [6.45, 7) is 0. The van der Waals surface area contributed by atoms with Gasteiger partial charge in [-0.1, -0.05) is 0 Å². The predicted molar refractivity (Wildman–Crippen MR) is 69.9 cm³/mol. The van der Waals surface area contributed by atoms with Gasteiger partial charge in [0, 0.05) is 18.0 Å². The fraction of sp³-hybridized carbons (Fsp3) is 0.0769. The van der Waals surface area contributed by atoms with Crippen molar-refractivity contribution in [3.63, 3.8) is 0 Å². The van der Waals surface area contributed by atoms with Crippen LogP contribution in [0.3, 0.4) is 0 Å². The Bertz CT molecular complexity index is 781. The minimum absolute atomic E-state index is 0.236. The van der Waals surface area contributed by atoms with Crippen LogP contribution in [-0.4, -0.2) is 27.0 Å². The van der Waals surface area contributed by atoms with E-state index in [2.05, 4.69) is 19.9 Å². The number of nitrogens with one attached hydrogen (secondary N) is 1. The van der Waals surface area contributed by atoms with Crippen LogP contribution in [0.4, 0.5) is 0 Å². The van der Waals surface area contributed by atoms with Crippen molar-refractivity contribution < 1.29 is 4.74 Å². The number of fused-ring (bicyclic) bond motifs is 1. The number of benzene rings is 1. The number of ether oxygens (including phenoxy) is 1. The van der Waals surface area contributed by atoms with Crippen molar-refractivity contribution in [1.29, 1.82) is 0 Å². The van der Waals surface area contributed by atoms with Crippen molar-refractivity contribution in [2.75, 3.05) is 7.11 Å². The average Bonchev–Trinajstić information content (AvgIpc) is 2.47. The van der Waals surface area contributed by atoms with Crippen LogP contribution < -0.4 is 10.3 Å². The SMILES string of the molecule is COc1ccc(-c2nc3nccnc3c(=O)[nH]2)cc1. The summed E-state index contributed by atoms with van der Waals surface area (Å²) in [6, 6.07) is 7.24. The molecule has 0 saturated carbocycles. The maximum Gasteiger partial charge on any atom is 0.279 e. The van der Waals surface area contributed by atoms with E-state index in [1.165, 1.54) is 12.4 Å². The summed E-state index contributed by atoms with van der Waals surface area (Å²) < 4.78 is 5.08. The lowest BCUT2D eigenvalue weighted by Crippen LogP contribution is -2.11. The van der Waals surface area contributed by atoms with E-state index in [-0.39, 0.29) is 11.1 Å². The van der Waals surface area contributed by atoms with Gasteiger partial charge in [-0.2, -0.15) is 0 Å². The molecule has 19 heavy (non-hydrogen) atoms. The zero-order valence-electron chi connectivity index (χ0n) is 10.1. The molecule has 0 radical (unpaired) electrons. The van der Waals surface area contributed by atoms with Gasteiger partial charge in [-0.3, -0.25) is 4.79 Å². The zero-order chi connectivity index (χ0) is 13.2. The number of rotatable bonds is 2. The molecule has 0 spiro atoms. The molecule has 0 aliphatic carbocycles. The lowest BCUT2D eigenvalue weighted by molar-refractivity contribution is 0.415. The molecule has 6 heteroatoms. The van der Waals surface area contributed by atoms with Gasteiger partial charge in [0.25, 0.3) is 5.56 Å². The first-order chi connectivity index (χ1) is 9.28. The first kappa shape index (κ1) is 11.3. The van der Waals surface area contributed by atoms with E-state index in [0.29, 0.717) is 11.5 Å². The summed E-state index contributed by atoms with van der Waals surface area (Å²) in [5, 5.41) is 0. The molecule has 0 fully saturated rings. The van der Waals surface area contributed by atoms with Crippen LogP contribution >= 0.6 is 0 Å². The molecule has 0 amide bonds. The minimum atomic E-state index is -0.302. The summed E-state index contributed by atoms with van der Waals surface area (Å²) in [7, 11) is 1.60. The maximum absolute atomic E-state index is 11.9. The molecule has 0 aliphatic heterocycles. The topological polar surface area (TPSA) is 80.8 Å². The number of hydrogen-bond acceptors (Lipinski definition) is 5. The Hall–Kier alpha value is -2.76. The summed E-state index contributed by atoms with van der Waals surface area (Å²) in [5.74, 6) is 1.20. The van der Waals surface area contributed by atoms with Gasteiger partial charge in [-0.05, 0) is 24.3 Å². The Kier molecular flexibility index (Phi) is 2.68. The number of aromatic nitrogens is 4. The molecule has 3 rings (SSSR count). The van der Waals surface area contributed by atoms with Crippen molar-refractivity contribution >= 4 is 11.2 Å². The van der Waals surface area contributed by atoms with Crippen molar-refractivity contribution in [2.24, 2.45) is 0 Å². The summed E-state index contributed by atoms with van der Waals surface area (Å²) >= 11 is 0. The third kappa shape index (κ3) is 2.03. The molecule has 6 nitrogen and oxygen atoms in total. The molecule has 3 aromatic rings. The third-order valence-corrected chi connectivity index (χ3v) is 2.71. The van der Waals surface area contributed by atoms with Crippen molar-refractivity contribution in [3.8, 4) is 17.1 Å². The number of hydrogen-bond donors (Lipinski definition) is 1. The second-order valence-electron chi connectivity index (χ2n) is 3.87. The first-order valence-corrected chi connectivity index (χ1v) is 5.63. The third-order valence-electron chi connectivity index (χ3n) is 2.71. The van der Waals surface area contributed by atoms with Crippen molar-refractivity contribution in [1.82, 2.24) is 19.9 Å². The Morgan fingerprint density at radius 1 is 1.11 bits per heavy atom. The van der Waals surface area contributed by atoms with Crippen LogP contribution in [0.1, 0.15) is 0 Å². The molecular formula is C13H10N4O2. The standard InChI is InChI=1S/C13H10N4O2/c1-19-9-4-2-8(3-5-9)11-16-12-10(13(18)17-11)14-6-7-15-12/h2-7H,1H3,(H,15,16,17,18). The largest absolute Gasteiger partial charge is 0.497 e. The van der Waals surface area contributed by atoms with Crippen LogP contribution in [0.5, 0.6) is 5.75 Å². The van der Waals surface area contributed by atoms with Crippen molar-refractivity contribution in [2.45, 2.75) is 0 Å². The Balaban J connectivity index is 2.16. The Morgan fingerprint density at radius 2 is 1.84 bits per heavy atom. The Labute approximate surface area is 108 Å². The highest BCUT2D eigenvalue weighted by molar-refractivity contribution is 5.71. The van der Waals surface area contributed by atoms with Gasteiger partial charge >= 0.3 is 0 Å². The molecule has 0 aliphatic rings. The Morgan fingerprint density at radius 3 is 2.58 bits per heavy atom. The molecule has 2 aromatic heterocycles. The minimum Gasteiger partial charge on any atom is -0.497 e. The fourth-order valence-electron chi connectivity index (χ4n) is 1.76. The second kappa shape index (κ2) is 4.49. The molecule has 1 N–H and O–H groups in total. The molecule has 0 atom stereocenters. The highest BCUT2D eigenvalue weighted by Crippen LogP contribution is 2.18. The van der Waals surface area contributed by atoms with E-state index in [9.17, 15) is 4.79 Å². The molecule has 94 valence electrons. The van der Waals surface area contributed by atoms with Gasteiger partial charge in [0.1, 0.15) is 11.6 Å². The predicted octanol–water partition coefficient (Wildman–Crippen LogP) is 1.39. The first-order valence-electron chi connectivity index (χ1n) is 5.63.